The molecule has 0 aliphatic carbocycles. The lowest BCUT2D eigenvalue weighted by Gasteiger charge is -2.25. The fourth-order valence-electron chi connectivity index (χ4n) is 4.78. The molecule has 0 spiro atoms. The van der Waals surface area contributed by atoms with Crippen molar-refractivity contribution in [3.05, 3.63) is 114 Å². The summed E-state index contributed by atoms with van der Waals surface area (Å²) in [4.78, 5) is 18.7. The Hall–Kier alpha value is -3.97. The third kappa shape index (κ3) is 5.47. The van der Waals surface area contributed by atoms with Gasteiger partial charge in [-0.1, -0.05) is 66.7 Å². The van der Waals surface area contributed by atoms with Gasteiger partial charge in [0, 0.05) is 31.0 Å². The zero-order chi connectivity index (χ0) is 24.7. The van der Waals surface area contributed by atoms with Crippen molar-refractivity contribution in [1.82, 2.24) is 19.7 Å². The Morgan fingerprint density at radius 1 is 0.972 bits per heavy atom. The van der Waals surface area contributed by atoms with Crippen LogP contribution in [0.1, 0.15) is 47.1 Å². The first kappa shape index (κ1) is 23.8. The monoisotopic (exact) mass is 482 g/mol. The van der Waals surface area contributed by atoms with Gasteiger partial charge in [-0.05, 0) is 35.2 Å². The zero-order valence-corrected chi connectivity index (χ0v) is 20.1. The number of rotatable bonds is 8. The molecule has 4 aromatic rings. The van der Waals surface area contributed by atoms with Gasteiger partial charge in [0.2, 0.25) is 5.91 Å². The highest BCUT2D eigenvalue weighted by molar-refractivity contribution is 5.76. The molecule has 1 aliphatic heterocycles. The van der Waals surface area contributed by atoms with Crippen molar-refractivity contribution in [2.45, 2.75) is 38.0 Å². The lowest BCUT2D eigenvalue weighted by molar-refractivity contribution is -0.132. The van der Waals surface area contributed by atoms with E-state index in [0.717, 1.165) is 28.0 Å². The van der Waals surface area contributed by atoms with Crippen molar-refractivity contribution in [2.24, 2.45) is 0 Å². The van der Waals surface area contributed by atoms with Crippen molar-refractivity contribution in [3.63, 3.8) is 0 Å². The minimum Gasteiger partial charge on any atom is -0.491 e. The van der Waals surface area contributed by atoms with Gasteiger partial charge in [-0.15, -0.1) is 0 Å². The highest BCUT2D eigenvalue weighted by atomic mass is 16.5. The fraction of sp³-hybridized carbons (Fsp3) is 0.276. The number of hydrogen-bond acceptors (Lipinski definition) is 5. The van der Waals surface area contributed by atoms with Crippen molar-refractivity contribution < 1.29 is 14.6 Å². The number of nitrogens with zero attached hydrogens (tertiary/aromatic N) is 4. The smallest absolute Gasteiger partial charge is 0.223 e. The van der Waals surface area contributed by atoms with Gasteiger partial charge in [0.15, 0.2) is 0 Å². The number of ether oxygens (including phenoxy) is 1. The first-order chi connectivity index (χ1) is 17.7. The SMILES string of the molecule is O=C(CCCn1cncn1)N1CCOc2ccc([C@@H](O)C(c3ccccc3)c3ccccc3)cc2C1. The topological polar surface area (TPSA) is 80.5 Å². The Morgan fingerprint density at radius 2 is 1.69 bits per heavy atom. The number of aromatic nitrogens is 3. The number of aliphatic hydroxyl groups is 1. The summed E-state index contributed by atoms with van der Waals surface area (Å²) in [7, 11) is 0. The van der Waals surface area contributed by atoms with Gasteiger partial charge in [0.25, 0.3) is 0 Å². The van der Waals surface area contributed by atoms with Gasteiger partial charge in [-0.25, -0.2) is 4.98 Å². The van der Waals surface area contributed by atoms with Crippen LogP contribution >= 0.6 is 0 Å². The second-order valence-corrected chi connectivity index (χ2v) is 9.04. The maximum Gasteiger partial charge on any atom is 0.223 e. The summed E-state index contributed by atoms with van der Waals surface area (Å²) in [5.41, 5.74) is 3.81. The number of aliphatic hydroxyl groups excluding tert-OH is 1. The molecular weight excluding hydrogens is 452 g/mol. The molecule has 36 heavy (non-hydrogen) atoms. The Labute approximate surface area is 211 Å². The van der Waals surface area contributed by atoms with E-state index < -0.39 is 6.10 Å². The molecule has 1 aliphatic rings. The van der Waals surface area contributed by atoms with Crippen LogP contribution in [0.4, 0.5) is 0 Å². The predicted octanol–water partition coefficient (Wildman–Crippen LogP) is 4.35. The maximum atomic E-state index is 13.0. The first-order valence-corrected chi connectivity index (χ1v) is 12.3. The molecule has 0 saturated heterocycles. The minimum atomic E-state index is -0.754. The molecular formula is C29H30N4O3. The molecule has 184 valence electrons. The largest absolute Gasteiger partial charge is 0.491 e. The summed E-state index contributed by atoms with van der Waals surface area (Å²) in [5, 5.41) is 15.7. The molecule has 1 amide bonds. The second-order valence-electron chi connectivity index (χ2n) is 9.04. The summed E-state index contributed by atoms with van der Waals surface area (Å²) in [5.74, 6) is 0.635. The van der Waals surface area contributed by atoms with Gasteiger partial charge in [-0.2, -0.15) is 5.10 Å². The van der Waals surface area contributed by atoms with Crippen LogP contribution < -0.4 is 4.74 Å². The number of aryl methyl sites for hydroxylation is 1. The van der Waals surface area contributed by atoms with E-state index in [1.54, 1.807) is 11.0 Å². The van der Waals surface area contributed by atoms with Crippen molar-refractivity contribution in [1.29, 1.82) is 0 Å². The molecule has 0 unspecified atom stereocenters. The molecule has 2 heterocycles. The van der Waals surface area contributed by atoms with Crippen molar-refractivity contribution >= 4 is 5.91 Å². The first-order valence-electron chi connectivity index (χ1n) is 12.3. The van der Waals surface area contributed by atoms with Crippen LogP contribution in [0.5, 0.6) is 5.75 Å². The highest BCUT2D eigenvalue weighted by Gasteiger charge is 2.27. The quantitative estimate of drug-likeness (QED) is 0.404. The maximum absolute atomic E-state index is 13.0. The van der Waals surface area contributed by atoms with Crippen LogP contribution in [-0.4, -0.2) is 43.8 Å². The second kappa shape index (κ2) is 11.2. The van der Waals surface area contributed by atoms with Gasteiger partial charge in [-0.3, -0.25) is 9.48 Å². The molecule has 0 fully saturated rings. The van der Waals surface area contributed by atoms with Gasteiger partial charge in [0.05, 0.1) is 12.6 Å². The minimum absolute atomic E-state index is 0.0870. The van der Waals surface area contributed by atoms with Crippen LogP contribution in [0.15, 0.2) is 91.5 Å². The molecule has 7 heteroatoms. The number of carbonyl (C=O) groups is 1. The summed E-state index contributed by atoms with van der Waals surface area (Å²) in [6, 6.07) is 26.0. The Balaban J connectivity index is 1.35. The summed E-state index contributed by atoms with van der Waals surface area (Å²) < 4.78 is 7.69. The van der Waals surface area contributed by atoms with E-state index in [2.05, 4.69) is 10.1 Å². The average molecular weight is 483 g/mol. The van der Waals surface area contributed by atoms with Gasteiger partial charge >= 0.3 is 0 Å². The molecule has 0 radical (unpaired) electrons. The Morgan fingerprint density at radius 3 is 2.36 bits per heavy atom. The summed E-state index contributed by atoms with van der Waals surface area (Å²) >= 11 is 0. The van der Waals surface area contributed by atoms with Crippen molar-refractivity contribution in [3.8, 4) is 5.75 Å². The summed E-state index contributed by atoms with van der Waals surface area (Å²) in [6.45, 7) is 2.09. The molecule has 3 aromatic carbocycles. The number of amides is 1. The van der Waals surface area contributed by atoms with Crippen LogP contribution in [-0.2, 0) is 17.9 Å². The predicted molar refractivity (Wildman–Crippen MR) is 136 cm³/mol. The Kier molecular flexibility index (Phi) is 7.38. The molecule has 5 rings (SSSR count). The lowest BCUT2D eigenvalue weighted by atomic mass is 9.83. The number of benzene rings is 3. The van der Waals surface area contributed by atoms with E-state index in [1.165, 1.54) is 6.33 Å². The molecule has 7 nitrogen and oxygen atoms in total. The fourth-order valence-corrected chi connectivity index (χ4v) is 4.78. The van der Waals surface area contributed by atoms with Crippen LogP contribution in [0.3, 0.4) is 0 Å². The van der Waals surface area contributed by atoms with Gasteiger partial charge < -0.3 is 14.7 Å². The van der Waals surface area contributed by atoms with Crippen LogP contribution in [0.25, 0.3) is 0 Å². The molecule has 1 N–H and O–H groups in total. The normalized spacial score (nSPS) is 14.1. The van der Waals surface area contributed by atoms with Crippen LogP contribution in [0.2, 0.25) is 0 Å². The number of carbonyl (C=O) groups excluding carboxylic acids is 1. The molecule has 1 atom stereocenters. The zero-order valence-electron chi connectivity index (χ0n) is 20.1. The van der Waals surface area contributed by atoms with E-state index in [1.807, 2.05) is 83.8 Å². The van der Waals surface area contributed by atoms with E-state index in [4.69, 9.17) is 4.74 Å². The lowest BCUT2D eigenvalue weighted by Crippen LogP contribution is -2.32. The van der Waals surface area contributed by atoms with E-state index in [9.17, 15) is 9.90 Å². The standard InChI is InChI=1S/C29H30N4O3/c34-27(12-7-15-33-21-30-20-31-33)32-16-17-36-26-14-13-24(18-25(26)19-32)29(35)28(22-8-3-1-4-9-22)23-10-5-2-6-11-23/h1-6,8-11,13-14,18,20-21,28-29,35H,7,12,15-17,19H2/t29-/m1/s1. The molecule has 0 saturated carbocycles. The van der Waals surface area contributed by atoms with E-state index in [-0.39, 0.29) is 11.8 Å². The number of fused-ring (bicyclic) bond motifs is 1. The average Bonchev–Trinajstić information content (AvgIpc) is 3.34. The third-order valence-corrected chi connectivity index (χ3v) is 6.64. The van der Waals surface area contributed by atoms with E-state index >= 15 is 0 Å². The highest BCUT2D eigenvalue weighted by Crippen LogP contribution is 2.38. The Bertz CT molecular complexity index is 1220. The van der Waals surface area contributed by atoms with Gasteiger partial charge in [0.1, 0.15) is 25.0 Å². The van der Waals surface area contributed by atoms with Crippen LogP contribution in [0, 0.1) is 0 Å². The molecule has 1 aromatic heterocycles. The summed E-state index contributed by atoms with van der Waals surface area (Å²) in [6.07, 6.45) is 3.53. The van der Waals surface area contributed by atoms with E-state index in [0.29, 0.717) is 39.1 Å². The van der Waals surface area contributed by atoms with Crippen molar-refractivity contribution in [2.75, 3.05) is 13.2 Å². The number of hydrogen-bond donors (Lipinski definition) is 1. The third-order valence-electron chi connectivity index (χ3n) is 6.64. The molecule has 0 bridgehead atoms.